The zero-order valence-corrected chi connectivity index (χ0v) is 19.3. The molecular weight excluding hydrogens is 442 g/mol. The van der Waals surface area contributed by atoms with Crippen molar-refractivity contribution in [2.75, 3.05) is 6.26 Å². The highest BCUT2D eigenvalue weighted by Gasteiger charge is 2.60. The minimum atomic E-state index is -1.09. The Labute approximate surface area is 187 Å². The van der Waals surface area contributed by atoms with Gasteiger partial charge in [-0.3, -0.25) is 14.0 Å². The third-order valence-corrected chi connectivity index (χ3v) is 7.57. The molecule has 31 heavy (non-hydrogen) atoms. The molecule has 2 aliphatic heterocycles. The number of aromatic nitrogens is 2. The average molecular weight is 466 g/mol. The summed E-state index contributed by atoms with van der Waals surface area (Å²) in [5.41, 5.74) is 0.823. The summed E-state index contributed by atoms with van der Waals surface area (Å²) in [7, 11) is 0. The summed E-state index contributed by atoms with van der Waals surface area (Å²) in [5, 5.41) is 11.0. The summed E-state index contributed by atoms with van der Waals surface area (Å²) in [5.74, 6) is -2.42. The zero-order chi connectivity index (χ0) is 22.6. The van der Waals surface area contributed by atoms with Crippen LogP contribution in [0.5, 0.6) is 0 Å². The van der Waals surface area contributed by atoms with Gasteiger partial charge in [0.25, 0.3) is 0 Å². The van der Waals surface area contributed by atoms with Crippen molar-refractivity contribution in [1.82, 2.24) is 14.3 Å². The van der Waals surface area contributed by atoms with Crippen molar-refractivity contribution in [2.24, 2.45) is 11.8 Å². The standard InChI is InChI=1S/C20H23N3O6S2/c1-8-13(12-6-22-7-21-17(30-5)19(22)31-12)16(20(27)29-11(4)28-10(3)25)23-15(8)14(9(2)24)18(23)26/h6-9,11,14-15,24H,1-5H3/t8-,9+,11?,14+,15+/m0/s1. The fourth-order valence-electron chi connectivity index (χ4n) is 4.39. The molecule has 166 valence electrons. The van der Waals surface area contributed by atoms with Crippen LogP contribution in [0.15, 0.2) is 23.2 Å². The van der Waals surface area contributed by atoms with Crippen LogP contribution in [-0.4, -0.2) is 61.9 Å². The fourth-order valence-corrected chi connectivity index (χ4v) is 6.31. The number of ether oxygens (including phenoxy) is 2. The molecule has 1 fully saturated rings. The second kappa shape index (κ2) is 7.95. The molecule has 0 spiro atoms. The molecular formula is C20H23N3O6S2. The number of thioether (sulfide) groups is 1. The van der Waals surface area contributed by atoms with Crippen molar-refractivity contribution < 1.29 is 29.0 Å². The number of imidazole rings is 1. The lowest BCUT2D eigenvalue weighted by Crippen LogP contribution is -2.63. The van der Waals surface area contributed by atoms with E-state index in [9.17, 15) is 19.5 Å². The van der Waals surface area contributed by atoms with Gasteiger partial charge < -0.3 is 19.5 Å². The Kier molecular flexibility index (Phi) is 5.61. The van der Waals surface area contributed by atoms with E-state index in [0.29, 0.717) is 5.57 Å². The van der Waals surface area contributed by atoms with Crippen molar-refractivity contribution in [1.29, 1.82) is 0 Å². The molecule has 2 aromatic rings. The van der Waals surface area contributed by atoms with E-state index in [1.165, 1.54) is 41.8 Å². The van der Waals surface area contributed by atoms with Gasteiger partial charge in [0, 0.05) is 31.5 Å². The van der Waals surface area contributed by atoms with E-state index in [0.717, 1.165) is 14.7 Å². The summed E-state index contributed by atoms with van der Waals surface area (Å²) in [6, 6.07) is -0.339. The monoisotopic (exact) mass is 465 g/mol. The Morgan fingerprint density at radius 1 is 1.32 bits per heavy atom. The molecule has 4 rings (SSSR count). The smallest absolute Gasteiger partial charge is 0.358 e. The minimum Gasteiger partial charge on any atom is -0.426 e. The number of aliphatic hydroxyl groups excluding tert-OH is 1. The third kappa shape index (κ3) is 3.44. The van der Waals surface area contributed by atoms with E-state index in [1.54, 1.807) is 13.3 Å². The largest absolute Gasteiger partial charge is 0.426 e. The first-order valence-corrected chi connectivity index (χ1v) is 11.8. The second-order valence-corrected chi connectivity index (χ2v) is 9.49. The maximum atomic E-state index is 13.1. The van der Waals surface area contributed by atoms with Crippen molar-refractivity contribution in [2.45, 2.75) is 51.2 Å². The molecule has 2 aliphatic rings. The van der Waals surface area contributed by atoms with Crippen molar-refractivity contribution in [3.63, 3.8) is 0 Å². The van der Waals surface area contributed by atoms with Crippen LogP contribution >= 0.6 is 23.1 Å². The number of hydrogen-bond donors (Lipinski definition) is 1. The Morgan fingerprint density at radius 2 is 2.03 bits per heavy atom. The predicted octanol–water partition coefficient (Wildman–Crippen LogP) is 2.14. The van der Waals surface area contributed by atoms with Gasteiger partial charge in [-0.1, -0.05) is 6.92 Å². The van der Waals surface area contributed by atoms with Crippen LogP contribution in [0.3, 0.4) is 0 Å². The molecule has 0 saturated carbocycles. The highest BCUT2D eigenvalue weighted by Crippen LogP contribution is 2.52. The lowest BCUT2D eigenvalue weighted by Gasteiger charge is -2.46. The summed E-state index contributed by atoms with van der Waals surface area (Å²) in [6.45, 7) is 6.18. The van der Waals surface area contributed by atoms with Crippen molar-refractivity contribution in [3.05, 3.63) is 23.1 Å². The fraction of sp³-hybridized carbons (Fsp3) is 0.500. The first kappa shape index (κ1) is 21.8. The number of esters is 2. The molecule has 0 radical (unpaired) electrons. The molecule has 2 aromatic heterocycles. The van der Waals surface area contributed by atoms with Crippen LogP contribution in [0.25, 0.3) is 10.4 Å². The number of hydrogen-bond acceptors (Lipinski definition) is 9. The maximum absolute atomic E-state index is 13.1. The first-order valence-electron chi connectivity index (χ1n) is 9.80. The van der Waals surface area contributed by atoms with E-state index >= 15 is 0 Å². The van der Waals surface area contributed by atoms with Gasteiger partial charge >= 0.3 is 11.9 Å². The van der Waals surface area contributed by atoms with Crippen LogP contribution < -0.4 is 0 Å². The van der Waals surface area contributed by atoms with Crippen LogP contribution in [0.4, 0.5) is 0 Å². The molecule has 11 heteroatoms. The van der Waals surface area contributed by atoms with Gasteiger partial charge in [0.2, 0.25) is 12.2 Å². The van der Waals surface area contributed by atoms with Crippen LogP contribution in [-0.2, 0) is 23.9 Å². The maximum Gasteiger partial charge on any atom is 0.358 e. The van der Waals surface area contributed by atoms with E-state index in [2.05, 4.69) is 4.98 Å². The lowest BCUT2D eigenvalue weighted by molar-refractivity contribution is -0.184. The number of amides is 1. The summed E-state index contributed by atoms with van der Waals surface area (Å²) < 4.78 is 12.1. The average Bonchev–Trinajstić information content (AvgIpc) is 3.30. The van der Waals surface area contributed by atoms with Gasteiger partial charge in [-0.05, 0) is 13.2 Å². The van der Waals surface area contributed by atoms with Gasteiger partial charge in [0.15, 0.2) is 0 Å². The molecule has 0 aliphatic carbocycles. The summed E-state index contributed by atoms with van der Waals surface area (Å²) in [4.78, 5) is 44.7. The van der Waals surface area contributed by atoms with E-state index < -0.39 is 30.3 Å². The molecule has 1 saturated heterocycles. The number of thiazole rings is 1. The Balaban J connectivity index is 1.78. The van der Waals surface area contributed by atoms with Crippen LogP contribution in [0.1, 0.15) is 32.6 Å². The molecule has 5 atom stereocenters. The molecule has 4 heterocycles. The topological polar surface area (TPSA) is 110 Å². The van der Waals surface area contributed by atoms with E-state index in [1.807, 2.05) is 23.8 Å². The van der Waals surface area contributed by atoms with Gasteiger partial charge in [-0.2, -0.15) is 0 Å². The van der Waals surface area contributed by atoms with Gasteiger partial charge in [-0.15, -0.1) is 23.1 Å². The van der Waals surface area contributed by atoms with Crippen LogP contribution in [0, 0.1) is 11.8 Å². The number of carbonyl (C=O) groups is 3. The minimum absolute atomic E-state index is 0.140. The SMILES string of the molecule is CSc1ncn2cc(C3=C(C(=O)OC(C)OC(C)=O)N4C(=O)[C@H]([C@@H](C)O)[C@H]4[C@H]3C)sc12. The summed E-state index contributed by atoms with van der Waals surface area (Å²) in [6.07, 6.45) is 3.61. The molecule has 0 bridgehead atoms. The lowest BCUT2D eigenvalue weighted by atomic mass is 9.77. The molecule has 0 aromatic carbocycles. The third-order valence-electron chi connectivity index (χ3n) is 5.61. The molecule has 1 N–H and O–H groups in total. The number of nitrogens with zero attached hydrogens (tertiary/aromatic N) is 3. The first-order chi connectivity index (χ1) is 14.6. The molecule has 9 nitrogen and oxygen atoms in total. The van der Waals surface area contributed by atoms with Crippen LogP contribution in [0.2, 0.25) is 0 Å². The van der Waals surface area contributed by atoms with Gasteiger partial charge in [0.05, 0.1) is 22.9 Å². The summed E-state index contributed by atoms with van der Waals surface area (Å²) >= 11 is 3.00. The predicted molar refractivity (Wildman–Crippen MR) is 114 cm³/mol. The zero-order valence-electron chi connectivity index (χ0n) is 17.7. The normalized spacial score (nSPS) is 24.8. The highest BCUT2D eigenvalue weighted by atomic mass is 32.2. The molecule has 1 unspecified atom stereocenters. The number of fused-ring (bicyclic) bond motifs is 2. The highest BCUT2D eigenvalue weighted by molar-refractivity contribution is 7.98. The number of aliphatic hydroxyl groups is 1. The van der Waals surface area contributed by atoms with Gasteiger partial charge in [0.1, 0.15) is 21.9 Å². The van der Waals surface area contributed by atoms with E-state index in [-0.39, 0.29) is 23.6 Å². The Bertz CT molecular complexity index is 1100. The second-order valence-electron chi connectivity index (χ2n) is 7.66. The van der Waals surface area contributed by atoms with Crippen molar-refractivity contribution in [3.8, 4) is 0 Å². The quantitative estimate of drug-likeness (QED) is 0.299. The number of rotatable bonds is 6. The Hall–Kier alpha value is -2.37. The van der Waals surface area contributed by atoms with Crippen molar-refractivity contribution >= 4 is 51.3 Å². The molecule has 1 amide bonds. The van der Waals surface area contributed by atoms with Gasteiger partial charge in [-0.25, -0.2) is 9.78 Å². The Morgan fingerprint density at radius 3 is 2.65 bits per heavy atom. The van der Waals surface area contributed by atoms with E-state index in [4.69, 9.17) is 9.47 Å². The number of carbonyl (C=O) groups excluding carboxylic acids is 3. The number of β-lactam (4-membered cyclic amide) rings is 1.